The van der Waals surface area contributed by atoms with Gasteiger partial charge < -0.3 is 25.3 Å². The second-order valence-corrected chi connectivity index (χ2v) is 4.41. The lowest BCUT2D eigenvalue weighted by Gasteiger charge is -2.25. The van der Waals surface area contributed by atoms with Crippen molar-refractivity contribution in [3.8, 4) is 0 Å². The van der Waals surface area contributed by atoms with Gasteiger partial charge in [-0.25, -0.2) is 9.59 Å². The Balaban J connectivity index is 2.72. The van der Waals surface area contributed by atoms with Gasteiger partial charge in [-0.05, 0) is 19.1 Å². The minimum absolute atomic E-state index is 0.0315. The first kappa shape index (κ1) is 15.4. The Bertz CT molecular complexity index is 640. The maximum atomic E-state index is 12.1. The molecule has 0 saturated carbocycles. The first-order valence-corrected chi connectivity index (χ1v) is 6.41. The van der Waals surface area contributed by atoms with Crippen molar-refractivity contribution in [3.05, 3.63) is 58.5 Å². The smallest absolute Gasteiger partial charge is 0.344 e. The van der Waals surface area contributed by atoms with Gasteiger partial charge >= 0.3 is 11.9 Å². The van der Waals surface area contributed by atoms with E-state index in [1.54, 1.807) is 31.4 Å². The number of esters is 2. The molecule has 0 amide bonds. The summed E-state index contributed by atoms with van der Waals surface area (Å²) >= 11 is 0. The van der Waals surface area contributed by atoms with Crippen molar-refractivity contribution in [2.45, 2.75) is 6.92 Å². The van der Waals surface area contributed by atoms with Crippen LogP contribution in [0.5, 0.6) is 0 Å². The van der Waals surface area contributed by atoms with Crippen molar-refractivity contribution in [1.82, 2.24) is 5.32 Å². The van der Waals surface area contributed by atoms with Crippen LogP contribution in [0.3, 0.4) is 0 Å². The second kappa shape index (κ2) is 6.21. The molecule has 0 fully saturated rings. The summed E-state index contributed by atoms with van der Waals surface area (Å²) in [6.45, 7) is 1.57. The van der Waals surface area contributed by atoms with Crippen molar-refractivity contribution >= 4 is 11.9 Å². The molecule has 22 heavy (non-hydrogen) atoms. The first-order chi connectivity index (χ1) is 10.5. The zero-order valence-corrected chi connectivity index (χ0v) is 12.4. The predicted octanol–water partition coefficient (Wildman–Crippen LogP) is 0.734. The lowest BCUT2D eigenvalue weighted by atomic mass is 9.92. The average molecular weight is 304 g/mol. The van der Waals surface area contributed by atoms with E-state index in [2.05, 4.69) is 5.32 Å². The fourth-order valence-electron chi connectivity index (χ4n) is 2.16. The maximum Gasteiger partial charge on any atom is 0.344 e. The van der Waals surface area contributed by atoms with Crippen molar-refractivity contribution in [2.24, 2.45) is 5.73 Å². The molecular formula is C15H16N2O5. The third kappa shape index (κ3) is 2.60. The molecule has 2 heterocycles. The molecule has 0 atom stereocenters. The Morgan fingerprint density at radius 2 is 1.77 bits per heavy atom. The lowest BCUT2D eigenvalue weighted by Crippen LogP contribution is -2.27. The van der Waals surface area contributed by atoms with Gasteiger partial charge in [-0.15, -0.1) is 0 Å². The Hall–Kier alpha value is -2.96. The molecule has 0 radical (unpaired) electrons. The minimum atomic E-state index is -0.710. The molecule has 3 N–H and O–H groups in total. The summed E-state index contributed by atoms with van der Waals surface area (Å²) in [5, 5.41) is 2.97. The van der Waals surface area contributed by atoms with Gasteiger partial charge in [0.1, 0.15) is 16.9 Å². The molecule has 7 nitrogen and oxygen atoms in total. The zero-order valence-electron chi connectivity index (χ0n) is 12.4. The lowest BCUT2D eigenvalue weighted by molar-refractivity contribution is -0.136. The Labute approximate surface area is 127 Å². The molecule has 2 aliphatic rings. The van der Waals surface area contributed by atoms with Crippen molar-refractivity contribution in [3.63, 3.8) is 0 Å². The van der Waals surface area contributed by atoms with Crippen LogP contribution >= 0.6 is 0 Å². The number of ether oxygens (including phenoxy) is 3. The maximum absolute atomic E-state index is 12.1. The van der Waals surface area contributed by atoms with Crippen molar-refractivity contribution in [2.75, 3.05) is 14.2 Å². The van der Waals surface area contributed by atoms with Crippen LogP contribution in [0.4, 0.5) is 0 Å². The molecule has 2 aliphatic heterocycles. The SMILES string of the molecule is COC(=O)C1=C(C)OC(N)=C(C(=O)OC)/C1=C1/C=CC=CN1. The Morgan fingerprint density at radius 1 is 1.14 bits per heavy atom. The van der Waals surface area contributed by atoms with Crippen molar-refractivity contribution < 1.29 is 23.8 Å². The van der Waals surface area contributed by atoms with Gasteiger partial charge in [-0.1, -0.05) is 6.08 Å². The summed E-state index contributed by atoms with van der Waals surface area (Å²) < 4.78 is 14.8. The summed E-state index contributed by atoms with van der Waals surface area (Å²) in [6, 6.07) is 0. The van der Waals surface area contributed by atoms with Crippen LogP contribution in [0.25, 0.3) is 0 Å². The van der Waals surface area contributed by atoms with Gasteiger partial charge in [-0.3, -0.25) is 0 Å². The number of nitrogens with one attached hydrogen (secondary N) is 1. The topological polar surface area (TPSA) is 99.9 Å². The number of hydrogen-bond acceptors (Lipinski definition) is 7. The Morgan fingerprint density at radius 3 is 2.32 bits per heavy atom. The highest BCUT2D eigenvalue weighted by atomic mass is 16.5. The quantitative estimate of drug-likeness (QED) is 0.725. The number of hydrogen-bond donors (Lipinski definition) is 2. The molecule has 0 spiro atoms. The summed E-state index contributed by atoms with van der Waals surface area (Å²) in [4.78, 5) is 24.2. The molecular weight excluding hydrogens is 288 g/mol. The van der Waals surface area contributed by atoms with Gasteiger partial charge in [0.25, 0.3) is 0 Å². The molecule has 0 saturated heterocycles. The molecule has 0 aromatic rings. The van der Waals surface area contributed by atoms with E-state index in [0.717, 1.165) is 0 Å². The minimum Gasteiger partial charge on any atom is -0.465 e. The highest BCUT2D eigenvalue weighted by Gasteiger charge is 2.35. The predicted molar refractivity (Wildman–Crippen MR) is 77.5 cm³/mol. The van der Waals surface area contributed by atoms with Gasteiger partial charge in [-0.2, -0.15) is 0 Å². The molecule has 0 aromatic heterocycles. The number of rotatable bonds is 2. The average Bonchev–Trinajstić information content (AvgIpc) is 2.53. The molecule has 0 bridgehead atoms. The third-order valence-corrected chi connectivity index (χ3v) is 3.12. The van der Waals surface area contributed by atoms with Gasteiger partial charge in [0.05, 0.1) is 14.2 Å². The van der Waals surface area contributed by atoms with Crippen LogP contribution in [-0.4, -0.2) is 26.2 Å². The van der Waals surface area contributed by atoms with E-state index in [1.807, 2.05) is 0 Å². The first-order valence-electron chi connectivity index (χ1n) is 6.41. The number of methoxy groups -OCH3 is 2. The van der Waals surface area contributed by atoms with Gasteiger partial charge in [0, 0.05) is 17.5 Å². The van der Waals surface area contributed by atoms with Crippen LogP contribution < -0.4 is 11.1 Å². The molecule has 0 aliphatic carbocycles. The molecule has 0 unspecified atom stereocenters. The summed E-state index contributed by atoms with van der Waals surface area (Å²) in [6.07, 6.45) is 6.88. The van der Waals surface area contributed by atoms with Crippen LogP contribution in [-0.2, 0) is 23.8 Å². The molecule has 2 rings (SSSR count). The van der Waals surface area contributed by atoms with Gasteiger partial charge in [0.2, 0.25) is 5.88 Å². The monoisotopic (exact) mass is 304 g/mol. The van der Waals surface area contributed by atoms with Crippen LogP contribution in [0.15, 0.2) is 58.5 Å². The molecule has 116 valence electrons. The number of nitrogens with two attached hydrogens (primary N) is 1. The normalized spacial score (nSPS) is 20.5. The van der Waals surface area contributed by atoms with E-state index in [1.165, 1.54) is 14.2 Å². The Kier molecular flexibility index (Phi) is 4.36. The molecule has 0 aromatic carbocycles. The zero-order chi connectivity index (χ0) is 16.3. The summed E-state index contributed by atoms with van der Waals surface area (Å²) in [7, 11) is 2.46. The van der Waals surface area contributed by atoms with E-state index in [9.17, 15) is 9.59 Å². The molecule has 7 heteroatoms. The van der Waals surface area contributed by atoms with Gasteiger partial charge in [0.15, 0.2) is 0 Å². The van der Waals surface area contributed by atoms with Crippen LogP contribution in [0, 0.1) is 0 Å². The van der Waals surface area contributed by atoms with Crippen molar-refractivity contribution in [1.29, 1.82) is 0 Å². The number of dihydropyridines is 1. The second-order valence-electron chi connectivity index (χ2n) is 4.41. The van der Waals surface area contributed by atoms with E-state index in [0.29, 0.717) is 5.70 Å². The van der Waals surface area contributed by atoms with Crippen LogP contribution in [0.1, 0.15) is 6.92 Å². The van der Waals surface area contributed by atoms with Crippen LogP contribution in [0.2, 0.25) is 0 Å². The van der Waals surface area contributed by atoms with E-state index >= 15 is 0 Å². The largest absolute Gasteiger partial charge is 0.465 e. The van der Waals surface area contributed by atoms with E-state index < -0.39 is 11.9 Å². The van der Waals surface area contributed by atoms with E-state index in [4.69, 9.17) is 19.9 Å². The fraction of sp³-hybridized carbons (Fsp3) is 0.200. The summed E-state index contributed by atoms with van der Waals surface area (Å²) in [5.74, 6) is -1.24. The highest BCUT2D eigenvalue weighted by molar-refractivity contribution is 6.05. The number of carbonyl (C=O) groups is 2. The highest BCUT2D eigenvalue weighted by Crippen LogP contribution is 2.34. The number of allylic oxidation sites excluding steroid dienone is 4. The number of carbonyl (C=O) groups excluding carboxylic acids is 2. The third-order valence-electron chi connectivity index (χ3n) is 3.12. The van der Waals surface area contributed by atoms with E-state index in [-0.39, 0.29) is 28.4 Å². The standard InChI is InChI=1S/C15H16N2O5/c1-8-10(14(18)20-2)11(9-6-4-5-7-17-9)12(13(16)22-8)15(19)21-3/h4-7,17H,16H2,1-3H3/b11-9-. The fourth-order valence-corrected chi connectivity index (χ4v) is 2.16. The summed E-state index contributed by atoms with van der Waals surface area (Å²) in [5.41, 5.74) is 6.68.